The molecule has 0 unspecified atom stereocenters. The van der Waals surface area contributed by atoms with Gasteiger partial charge in [-0.2, -0.15) is 0 Å². The minimum Gasteiger partial charge on any atom is -0.329 e. The van der Waals surface area contributed by atoms with Gasteiger partial charge in [-0.05, 0) is 0 Å². The lowest BCUT2D eigenvalue weighted by Gasteiger charge is -2.03. The molecule has 5 heteroatoms. The van der Waals surface area contributed by atoms with E-state index in [0.717, 1.165) is 32.7 Å². The van der Waals surface area contributed by atoms with E-state index >= 15 is 0 Å². The molecule has 0 aromatic carbocycles. The SMILES string of the molecule is NCC=NCCNCCNCCN. The van der Waals surface area contributed by atoms with Crippen molar-refractivity contribution in [2.45, 2.75) is 0 Å². The van der Waals surface area contributed by atoms with Crippen LogP contribution in [0.3, 0.4) is 0 Å². The first-order valence-electron chi connectivity index (χ1n) is 4.71. The van der Waals surface area contributed by atoms with Crippen LogP contribution in [-0.2, 0) is 0 Å². The molecule has 78 valence electrons. The highest BCUT2D eigenvalue weighted by atomic mass is 15.0. The topological polar surface area (TPSA) is 88.5 Å². The van der Waals surface area contributed by atoms with E-state index in [9.17, 15) is 0 Å². The fraction of sp³-hybridized carbons (Fsp3) is 0.875. The van der Waals surface area contributed by atoms with Crippen molar-refractivity contribution >= 4 is 6.21 Å². The number of hydrogen-bond donors (Lipinski definition) is 4. The average molecular weight is 187 g/mol. The number of aliphatic imine (C=N–C) groups is 1. The molecule has 0 amide bonds. The first kappa shape index (κ1) is 12.5. The fourth-order valence-corrected chi connectivity index (χ4v) is 0.838. The molecule has 0 atom stereocenters. The molecule has 0 aliphatic rings. The van der Waals surface area contributed by atoms with Crippen molar-refractivity contribution in [3.05, 3.63) is 0 Å². The van der Waals surface area contributed by atoms with E-state index in [-0.39, 0.29) is 0 Å². The van der Waals surface area contributed by atoms with E-state index in [1.165, 1.54) is 0 Å². The van der Waals surface area contributed by atoms with Gasteiger partial charge in [0, 0.05) is 45.5 Å². The van der Waals surface area contributed by atoms with Gasteiger partial charge in [-0.1, -0.05) is 0 Å². The minimum atomic E-state index is 0.526. The number of nitrogens with zero attached hydrogens (tertiary/aromatic N) is 1. The maximum absolute atomic E-state index is 5.31. The van der Waals surface area contributed by atoms with Gasteiger partial charge in [0.15, 0.2) is 0 Å². The molecule has 0 aliphatic carbocycles. The third-order valence-corrected chi connectivity index (χ3v) is 1.45. The van der Waals surface area contributed by atoms with Crippen molar-refractivity contribution in [3.63, 3.8) is 0 Å². The molecule has 0 saturated heterocycles. The molecular weight excluding hydrogens is 166 g/mol. The first-order chi connectivity index (χ1) is 6.41. The summed E-state index contributed by atoms with van der Waals surface area (Å²) in [6.45, 7) is 5.72. The first-order valence-corrected chi connectivity index (χ1v) is 4.71. The van der Waals surface area contributed by atoms with E-state index in [2.05, 4.69) is 15.6 Å². The Morgan fingerprint density at radius 2 is 1.69 bits per heavy atom. The lowest BCUT2D eigenvalue weighted by molar-refractivity contribution is 0.619. The van der Waals surface area contributed by atoms with Crippen molar-refractivity contribution in [2.75, 3.05) is 45.8 Å². The van der Waals surface area contributed by atoms with Crippen LogP contribution in [0.15, 0.2) is 4.99 Å². The number of rotatable bonds is 9. The van der Waals surface area contributed by atoms with Gasteiger partial charge in [-0.25, -0.2) is 0 Å². The van der Waals surface area contributed by atoms with Gasteiger partial charge in [0.25, 0.3) is 0 Å². The minimum absolute atomic E-state index is 0.526. The second-order valence-corrected chi connectivity index (χ2v) is 2.61. The molecule has 13 heavy (non-hydrogen) atoms. The molecule has 0 aromatic rings. The second-order valence-electron chi connectivity index (χ2n) is 2.61. The van der Waals surface area contributed by atoms with Crippen molar-refractivity contribution in [1.29, 1.82) is 0 Å². The predicted molar refractivity (Wildman–Crippen MR) is 57.2 cm³/mol. The summed E-state index contributed by atoms with van der Waals surface area (Å²) in [4.78, 5) is 4.07. The Kier molecular flexibility index (Phi) is 11.1. The Morgan fingerprint density at radius 3 is 2.31 bits per heavy atom. The maximum Gasteiger partial charge on any atom is 0.0510 e. The molecular formula is C8H21N5. The highest BCUT2D eigenvalue weighted by Crippen LogP contribution is 1.65. The summed E-state index contributed by atoms with van der Waals surface area (Å²) >= 11 is 0. The lowest BCUT2D eigenvalue weighted by atomic mass is 10.5. The fourth-order valence-electron chi connectivity index (χ4n) is 0.838. The number of nitrogens with one attached hydrogen (secondary N) is 2. The molecule has 0 spiro atoms. The van der Waals surface area contributed by atoms with Gasteiger partial charge in [-0.15, -0.1) is 0 Å². The summed E-state index contributed by atoms with van der Waals surface area (Å²) in [6, 6.07) is 0. The molecule has 0 aliphatic heterocycles. The smallest absolute Gasteiger partial charge is 0.0510 e. The van der Waals surface area contributed by atoms with Crippen LogP contribution >= 0.6 is 0 Å². The molecule has 0 bridgehead atoms. The highest BCUT2D eigenvalue weighted by Gasteiger charge is 1.85. The van der Waals surface area contributed by atoms with E-state index < -0.39 is 0 Å². The van der Waals surface area contributed by atoms with Gasteiger partial charge in [0.05, 0.1) is 6.54 Å². The van der Waals surface area contributed by atoms with Crippen LogP contribution in [0.4, 0.5) is 0 Å². The average Bonchev–Trinajstić information content (AvgIpc) is 2.16. The monoisotopic (exact) mass is 187 g/mol. The molecule has 0 saturated carbocycles. The summed E-state index contributed by atoms with van der Waals surface area (Å²) in [6.07, 6.45) is 1.73. The quantitative estimate of drug-likeness (QED) is 0.252. The van der Waals surface area contributed by atoms with Crippen LogP contribution in [0.25, 0.3) is 0 Å². The standard InChI is InChI=1S/C8H21N5/c9-1-3-11-5-7-13-8-6-12-4-2-10/h3,12-13H,1-2,4-10H2. The summed E-state index contributed by atoms with van der Waals surface area (Å²) in [5.41, 5.74) is 10.5. The second kappa shape index (κ2) is 11.5. The largest absolute Gasteiger partial charge is 0.329 e. The van der Waals surface area contributed by atoms with Crippen molar-refractivity contribution < 1.29 is 0 Å². The molecule has 0 fully saturated rings. The molecule has 0 radical (unpaired) electrons. The van der Waals surface area contributed by atoms with Gasteiger partial charge in [0.1, 0.15) is 0 Å². The normalized spacial score (nSPS) is 11.2. The number of nitrogens with two attached hydrogens (primary N) is 2. The third kappa shape index (κ3) is 11.5. The zero-order valence-electron chi connectivity index (χ0n) is 8.13. The third-order valence-electron chi connectivity index (χ3n) is 1.45. The van der Waals surface area contributed by atoms with Gasteiger partial charge in [-0.3, -0.25) is 4.99 Å². The summed E-state index contributed by atoms with van der Waals surface area (Å²) < 4.78 is 0. The van der Waals surface area contributed by atoms with Crippen molar-refractivity contribution in [1.82, 2.24) is 10.6 Å². The summed E-state index contributed by atoms with van der Waals surface area (Å²) in [5.74, 6) is 0. The molecule has 6 N–H and O–H groups in total. The van der Waals surface area contributed by atoms with Crippen LogP contribution in [0.2, 0.25) is 0 Å². The zero-order valence-corrected chi connectivity index (χ0v) is 8.13. The number of hydrogen-bond acceptors (Lipinski definition) is 5. The Morgan fingerprint density at radius 1 is 1.00 bits per heavy atom. The Hall–Kier alpha value is -0.490. The van der Waals surface area contributed by atoms with Crippen LogP contribution in [0.5, 0.6) is 0 Å². The van der Waals surface area contributed by atoms with E-state index in [1.807, 2.05) is 0 Å². The molecule has 0 heterocycles. The maximum atomic E-state index is 5.31. The summed E-state index contributed by atoms with van der Waals surface area (Å²) in [5, 5.41) is 6.44. The van der Waals surface area contributed by atoms with Gasteiger partial charge >= 0.3 is 0 Å². The van der Waals surface area contributed by atoms with Crippen LogP contribution in [0.1, 0.15) is 0 Å². The van der Waals surface area contributed by atoms with E-state index in [1.54, 1.807) is 6.21 Å². The van der Waals surface area contributed by atoms with E-state index in [0.29, 0.717) is 13.1 Å². The van der Waals surface area contributed by atoms with Crippen molar-refractivity contribution in [2.24, 2.45) is 16.5 Å². The van der Waals surface area contributed by atoms with Crippen LogP contribution < -0.4 is 22.1 Å². The van der Waals surface area contributed by atoms with Gasteiger partial charge in [0.2, 0.25) is 0 Å². The lowest BCUT2D eigenvalue weighted by Crippen LogP contribution is -2.31. The van der Waals surface area contributed by atoms with E-state index in [4.69, 9.17) is 11.5 Å². The van der Waals surface area contributed by atoms with Crippen LogP contribution in [-0.4, -0.2) is 52.0 Å². The van der Waals surface area contributed by atoms with Crippen LogP contribution in [0, 0.1) is 0 Å². The predicted octanol–water partition coefficient (Wildman–Crippen LogP) is -1.85. The Labute approximate surface area is 80.0 Å². The molecule has 0 rings (SSSR count). The molecule has 0 aromatic heterocycles. The zero-order chi connectivity index (χ0) is 9.78. The molecule has 5 nitrogen and oxygen atoms in total. The Balaban J connectivity index is 2.87. The Bertz CT molecular complexity index is 115. The van der Waals surface area contributed by atoms with Crippen molar-refractivity contribution in [3.8, 4) is 0 Å². The van der Waals surface area contributed by atoms with Gasteiger partial charge < -0.3 is 22.1 Å². The summed E-state index contributed by atoms with van der Waals surface area (Å²) in [7, 11) is 0. The highest BCUT2D eigenvalue weighted by molar-refractivity contribution is 5.59.